The molecule has 2 amide bonds. The number of benzene rings is 2. The summed E-state index contributed by atoms with van der Waals surface area (Å²) >= 11 is 6.33. The van der Waals surface area contributed by atoms with Crippen LogP contribution in [0.4, 0.5) is 5.69 Å². The Bertz CT molecular complexity index is 1080. The van der Waals surface area contributed by atoms with Crippen molar-refractivity contribution in [3.63, 3.8) is 0 Å². The summed E-state index contributed by atoms with van der Waals surface area (Å²) in [5, 5.41) is 12.4. The smallest absolute Gasteiger partial charge is 0.269 e. The quantitative estimate of drug-likeness (QED) is 0.308. The van der Waals surface area contributed by atoms with E-state index in [-0.39, 0.29) is 11.0 Å². The average molecular weight is 501 g/mol. The standard InChI is InChI=1S/C25H33ClN4O3Si/c1-16(14-25(3,4)34(5,6)33)22(28-20-13-12-19(15-27)21(26)17(20)2)24(32)30-29-23(31)18-10-8-7-9-11-18/h7-13,16,22,28,33H,14H2,1-6H3,(H,29,31)(H,30,32)/t16-,22+/m0/s1. The Morgan fingerprint density at radius 1 is 1.15 bits per heavy atom. The van der Waals surface area contributed by atoms with Gasteiger partial charge in [0.2, 0.25) is 0 Å². The first-order valence-corrected chi connectivity index (χ1v) is 14.4. The minimum absolute atomic E-state index is 0.212. The molecular weight excluding hydrogens is 468 g/mol. The highest BCUT2D eigenvalue weighted by atomic mass is 35.5. The minimum atomic E-state index is -2.52. The van der Waals surface area contributed by atoms with Gasteiger partial charge in [0.1, 0.15) is 12.1 Å². The number of nitrogens with one attached hydrogen (secondary N) is 3. The SMILES string of the molecule is Cc1c(N[C@@H](C(=O)NNC(=O)c2ccccc2)[C@@H](C)CC(C)(C)[Si](C)(C)O)ccc(C#N)c1Cl. The zero-order chi connectivity index (χ0) is 25.7. The first kappa shape index (κ1) is 27.4. The summed E-state index contributed by atoms with van der Waals surface area (Å²) in [4.78, 5) is 36.4. The minimum Gasteiger partial charge on any atom is -0.432 e. The van der Waals surface area contributed by atoms with Gasteiger partial charge in [0.15, 0.2) is 8.32 Å². The van der Waals surface area contributed by atoms with Crippen LogP contribution in [0.1, 0.15) is 48.7 Å². The second-order valence-electron chi connectivity index (χ2n) is 9.77. The molecule has 2 atom stereocenters. The van der Waals surface area contributed by atoms with Gasteiger partial charge in [0.25, 0.3) is 11.8 Å². The number of anilines is 1. The summed E-state index contributed by atoms with van der Waals surface area (Å²) in [5.41, 5.74) is 7.03. The van der Waals surface area contributed by atoms with E-state index in [0.717, 1.165) is 0 Å². The zero-order valence-corrected chi connectivity index (χ0v) is 22.2. The fourth-order valence-corrected chi connectivity index (χ4v) is 4.62. The highest BCUT2D eigenvalue weighted by Gasteiger charge is 2.41. The lowest BCUT2D eigenvalue weighted by molar-refractivity contribution is -0.123. The van der Waals surface area contributed by atoms with Gasteiger partial charge in [0, 0.05) is 11.3 Å². The maximum atomic E-state index is 13.3. The third-order valence-corrected chi connectivity index (χ3v) is 10.5. The van der Waals surface area contributed by atoms with Crippen molar-refractivity contribution in [3.8, 4) is 6.07 Å². The number of hydrogen-bond acceptors (Lipinski definition) is 5. The van der Waals surface area contributed by atoms with Crippen molar-refractivity contribution in [3.05, 3.63) is 64.2 Å². The summed E-state index contributed by atoms with van der Waals surface area (Å²) in [5.74, 6) is -1.07. The number of hydrogen-bond donors (Lipinski definition) is 4. The molecule has 0 spiro atoms. The number of carbonyl (C=O) groups excluding carboxylic acids is 2. The Hall–Kier alpha value is -2.86. The van der Waals surface area contributed by atoms with Crippen molar-refractivity contribution >= 4 is 37.4 Å². The molecular formula is C25H33ClN4O3Si. The Balaban J connectivity index is 2.29. The van der Waals surface area contributed by atoms with E-state index in [0.29, 0.717) is 33.8 Å². The van der Waals surface area contributed by atoms with Gasteiger partial charge in [-0.25, -0.2) is 0 Å². The molecule has 0 bridgehead atoms. The largest absolute Gasteiger partial charge is 0.432 e. The summed E-state index contributed by atoms with van der Waals surface area (Å²) in [6.07, 6.45) is 0.573. The van der Waals surface area contributed by atoms with Crippen molar-refractivity contribution in [2.45, 2.75) is 58.3 Å². The van der Waals surface area contributed by atoms with Crippen LogP contribution in [-0.4, -0.2) is 31.0 Å². The van der Waals surface area contributed by atoms with Crippen LogP contribution < -0.4 is 16.2 Å². The van der Waals surface area contributed by atoms with Crippen LogP contribution in [0.5, 0.6) is 0 Å². The van der Waals surface area contributed by atoms with E-state index in [1.165, 1.54) is 0 Å². The van der Waals surface area contributed by atoms with Crippen molar-refractivity contribution in [1.82, 2.24) is 10.9 Å². The maximum absolute atomic E-state index is 13.3. The number of halogens is 1. The second kappa shape index (κ2) is 11.0. The molecule has 2 rings (SSSR count). The Morgan fingerprint density at radius 3 is 2.32 bits per heavy atom. The van der Waals surface area contributed by atoms with Crippen molar-refractivity contribution in [2.75, 3.05) is 5.32 Å². The summed E-state index contributed by atoms with van der Waals surface area (Å²) in [6.45, 7) is 11.5. The van der Waals surface area contributed by atoms with Gasteiger partial charge in [-0.05, 0) is 67.2 Å². The molecule has 0 aliphatic rings. The van der Waals surface area contributed by atoms with Gasteiger partial charge in [-0.1, -0.05) is 50.6 Å². The summed E-state index contributed by atoms with van der Waals surface area (Å²) < 4.78 is 0. The Morgan fingerprint density at radius 2 is 1.76 bits per heavy atom. The van der Waals surface area contributed by atoms with Crippen LogP contribution in [0.3, 0.4) is 0 Å². The van der Waals surface area contributed by atoms with E-state index in [1.54, 1.807) is 49.4 Å². The fourth-order valence-electron chi connectivity index (χ4n) is 3.59. The topological polar surface area (TPSA) is 114 Å². The molecule has 182 valence electrons. The van der Waals surface area contributed by atoms with Crippen LogP contribution in [0.25, 0.3) is 0 Å². The first-order chi connectivity index (χ1) is 15.8. The van der Waals surface area contributed by atoms with Gasteiger partial charge in [-0.15, -0.1) is 0 Å². The van der Waals surface area contributed by atoms with Gasteiger partial charge < -0.3 is 10.1 Å². The van der Waals surface area contributed by atoms with Gasteiger partial charge in [-0.2, -0.15) is 5.26 Å². The molecule has 0 saturated carbocycles. The fraction of sp³-hybridized carbons (Fsp3) is 0.400. The highest BCUT2D eigenvalue weighted by molar-refractivity contribution is 6.72. The van der Waals surface area contributed by atoms with Gasteiger partial charge in [0.05, 0.1) is 10.6 Å². The van der Waals surface area contributed by atoms with Crippen molar-refractivity contribution in [2.24, 2.45) is 5.92 Å². The normalized spacial score (nSPS) is 13.4. The van der Waals surface area contributed by atoms with Crippen LogP contribution in [0.15, 0.2) is 42.5 Å². The zero-order valence-electron chi connectivity index (χ0n) is 20.5. The molecule has 9 heteroatoms. The highest BCUT2D eigenvalue weighted by Crippen LogP contribution is 2.42. The van der Waals surface area contributed by atoms with E-state index >= 15 is 0 Å². The number of nitrogens with zero attached hydrogens (tertiary/aromatic N) is 1. The van der Waals surface area contributed by atoms with E-state index in [1.807, 2.05) is 39.9 Å². The van der Waals surface area contributed by atoms with Crippen molar-refractivity contribution in [1.29, 1.82) is 5.26 Å². The third kappa shape index (κ3) is 6.60. The second-order valence-corrected chi connectivity index (χ2v) is 14.6. The molecule has 0 aromatic heterocycles. The average Bonchev–Trinajstić information content (AvgIpc) is 2.77. The predicted molar refractivity (Wildman–Crippen MR) is 138 cm³/mol. The van der Waals surface area contributed by atoms with E-state index in [4.69, 9.17) is 11.6 Å². The first-order valence-electron chi connectivity index (χ1n) is 11.1. The molecule has 2 aromatic carbocycles. The Labute approximate surface area is 207 Å². The van der Waals surface area contributed by atoms with E-state index in [2.05, 4.69) is 16.2 Å². The lowest BCUT2D eigenvalue weighted by atomic mass is 9.90. The van der Waals surface area contributed by atoms with Gasteiger partial charge >= 0.3 is 0 Å². The number of rotatable bonds is 8. The predicted octanol–water partition coefficient (Wildman–Crippen LogP) is 4.77. The number of carbonyl (C=O) groups is 2. The van der Waals surface area contributed by atoms with Crippen LogP contribution >= 0.6 is 11.6 Å². The molecule has 0 aliphatic carbocycles. The van der Waals surface area contributed by atoms with Gasteiger partial charge in [-0.3, -0.25) is 20.4 Å². The molecule has 0 radical (unpaired) electrons. The van der Waals surface area contributed by atoms with Crippen molar-refractivity contribution < 1.29 is 14.4 Å². The number of nitriles is 1. The van der Waals surface area contributed by atoms with Crippen LogP contribution in [0, 0.1) is 24.2 Å². The van der Waals surface area contributed by atoms with E-state index < -0.39 is 26.2 Å². The molecule has 7 nitrogen and oxygen atoms in total. The van der Waals surface area contributed by atoms with Crippen LogP contribution in [-0.2, 0) is 4.79 Å². The third-order valence-electron chi connectivity index (χ3n) is 6.49. The summed E-state index contributed by atoms with van der Waals surface area (Å²) in [7, 11) is -2.52. The molecule has 0 unspecified atom stereocenters. The number of amides is 2. The molecule has 34 heavy (non-hydrogen) atoms. The molecule has 0 aliphatic heterocycles. The Kier molecular flexibility index (Phi) is 8.89. The monoisotopic (exact) mass is 500 g/mol. The molecule has 0 heterocycles. The maximum Gasteiger partial charge on any atom is 0.269 e. The van der Waals surface area contributed by atoms with Crippen LogP contribution in [0.2, 0.25) is 23.2 Å². The lowest BCUT2D eigenvalue weighted by Gasteiger charge is -2.39. The molecule has 0 fully saturated rings. The van der Waals surface area contributed by atoms with E-state index in [9.17, 15) is 19.6 Å². The molecule has 0 saturated heterocycles. The molecule has 2 aromatic rings. The molecule has 4 N–H and O–H groups in total. The summed E-state index contributed by atoms with van der Waals surface area (Å²) in [6, 6.07) is 13.2. The lowest BCUT2D eigenvalue weighted by Crippen LogP contribution is -2.52. The number of hydrazine groups is 1.